The average molecular weight is 469 g/mol. The molecule has 0 aliphatic carbocycles. The smallest absolute Gasteiger partial charge is 0.249 e. The summed E-state index contributed by atoms with van der Waals surface area (Å²) in [5, 5.41) is 16.8. The van der Waals surface area contributed by atoms with Crippen LogP contribution in [0.15, 0.2) is 83.8 Å². The monoisotopic (exact) mass is 468 g/mol. The maximum Gasteiger partial charge on any atom is 0.249 e. The van der Waals surface area contributed by atoms with E-state index in [1.165, 1.54) is 18.2 Å². The Labute approximate surface area is 199 Å². The number of nitrogens with one attached hydrogen (secondary N) is 1. The zero-order chi connectivity index (χ0) is 23.7. The van der Waals surface area contributed by atoms with Gasteiger partial charge in [-0.25, -0.2) is 9.07 Å². The number of carbonyl (C=O) groups is 2. The molecule has 1 amide bonds. The summed E-state index contributed by atoms with van der Waals surface area (Å²) in [6, 6.07) is 24.3. The number of carbonyl (C=O) groups excluding carboxylic acids is 2. The number of amides is 1. The highest BCUT2D eigenvalue weighted by Crippen LogP contribution is 2.44. The molecule has 0 radical (unpaired) electrons. The minimum absolute atomic E-state index is 0.0850. The molecule has 0 bridgehead atoms. The quantitative estimate of drug-likeness (QED) is 0.319. The second-order valence-corrected chi connectivity index (χ2v) is 8.65. The van der Waals surface area contributed by atoms with Crippen molar-refractivity contribution in [1.29, 1.82) is 5.26 Å². The van der Waals surface area contributed by atoms with E-state index in [0.717, 1.165) is 27.9 Å². The van der Waals surface area contributed by atoms with Gasteiger partial charge in [0.1, 0.15) is 11.5 Å². The fourth-order valence-electron chi connectivity index (χ4n) is 3.91. The van der Waals surface area contributed by atoms with Crippen LogP contribution in [-0.2, 0) is 10.5 Å². The number of para-hydroxylation sites is 1. The van der Waals surface area contributed by atoms with Crippen molar-refractivity contribution < 1.29 is 14.0 Å². The number of fused-ring (bicyclic) bond motifs is 3. The molecule has 4 aromatic rings. The lowest BCUT2D eigenvalue weighted by molar-refractivity contribution is -0.117. The van der Waals surface area contributed by atoms with Crippen LogP contribution in [0.5, 0.6) is 0 Å². The van der Waals surface area contributed by atoms with Crippen LogP contribution in [0, 0.1) is 23.1 Å². The van der Waals surface area contributed by atoms with Crippen LogP contribution in [0.4, 0.5) is 10.1 Å². The number of hydrogen-bond donors (Lipinski definition) is 1. The van der Waals surface area contributed by atoms with Crippen LogP contribution in [0.25, 0.3) is 16.9 Å². The second-order valence-electron chi connectivity index (χ2n) is 7.63. The Balaban J connectivity index is 1.57. The molecular formula is C26H17FN4O2S. The van der Waals surface area contributed by atoms with Crippen molar-refractivity contribution in [3.05, 3.63) is 95.9 Å². The minimum Gasteiger partial charge on any atom is -0.324 e. The molecule has 3 aromatic carbocycles. The van der Waals surface area contributed by atoms with Crippen LogP contribution < -0.4 is 5.32 Å². The van der Waals surface area contributed by atoms with Gasteiger partial charge in [-0.15, -0.1) is 11.8 Å². The van der Waals surface area contributed by atoms with Gasteiger partial charge in [-0.05, 0) is 36.4 Å². The molecule has 0 spiro atoms. The van der Waals surface area contributed by atoms with E-state index < -0.39 is 23.4 Å². The Morgan fingerprint density at radius 3 is 2.59 bits per heavy atom. The lowest BCUT2D eigenvalue weighted by atomic mass is 9.97. The molecule has 34 heavy (non-hydrogen) atoms. The molecule has 166 valence electrons. The van der Waals surface area contributed by atoms with Crippen LogP contribution in [-0.4, -0.2) is 21.5 Å². The number of rotatable bonds is 5. The summed E-state index contributed by atoms with van der Waals surface area (Å²) in [6.45, 7) is 0. The van der Waals surface area contributed by atoms with E-state index in [-0.39, 0.29) is 11.4 Å². The Kier molecular flexibility index (Phi) is 5.70. The fraction of sp³-hybridized carbons (Fsp3) is 0.0769. The zero-order valence-corrected chi connectivity index (χ0v) is 18.6. The second kappa shape index (κ2) is 8.96. The van der Waals surface area contributed by atoms with E-state index in [9.17, 15) is 19.2 Å². The predicted octanol–water partition coefficient (Wildman–Crippen LogP) is 5.25. The highest BCUT2D eigenvalue weighted by Gasteiger charge is 2.35. The van der Waals surface area contributed by atoms with Gasteiger partial charge in [-0.2, -0.15) is 10.4 Å². The molecule has 0 saturated carbocycles. The number of nitrogens with zero attached hydrogens (tertiary/aromatic N) is 3. The Bertz CT molecular complexity index is 1460. The van der Waals surface area contributed by atoms with E-state index in [4.69, 9.17) is 0 Å². The molecule has 1 atom stereocenters. The molecule has 1 unspecified atom stereocenters. The summed E-state index contributed by atoms with van der Waals surface area (Å²) in [6.07, 6.45) is 0. The van der Waals surface area contributed by atoms with Gasteiger partial charge in [-0.1, -0.05) is 42.5 Å². The van der Waals surface area contributed by atoms with Gasteiger partial charge in [0.25, 0.3) is 0 Å². The summed E-state index contributed by atoms with van der Waals surface area (Å²) < 4.78 is 15.2. The summed E-state index contributed by atoms with van der Waals surface area (Å²) >= 11 is 1.57. The first-order chi connectivity index (χ1) is 16.6. The lowest BCUT2D eigenvalue weighted by Crippen LogP contribution is -2.29. The van der Waals surface area contributed by atoms with Crippen LogP contribution >= 0.6 is 11.8 Å². The Hall–Kier alpha value is -4.22. The zero-order valence-electron chi connectivity index (χ0n) is 17.7. The molecule has 8 heteroatoms. The molecule has 1 aliphatic rings. The predicted molar refractivity (Wildman–Crippen MR) is 127 cm³/mol. The highest BCUT2D eigenvalue weighted by atomic mass is 32.2. The molecule has 1 N–H and O–H groups in total. The third kappa shape index (κ3) is 3.87. The summed E-state index contributed by atoms with van der Waals surface area (Å²) in [4.78, 5) is 27.3. The largest absolute Gasteiger partial charge is 0.324 e. The van der Waals surface area contributed by atoms with Crippen molar-refractivity contribution >= 4 is 29.1 Å². The van der Waals surface area contributed by atoms with Crippen molar-refractivity contribution in [3.8, 4) is 23.0 Å². The number of ketones is 1. The van der Waals surface area contributed by atoms with E-state index in [1.54, 1.807) is 22.5 Å². The van der Waals surface area contributed by atoms with E-state index in [0.29, 0.717) is 11.3 Å². The average Bonchev–Trinajstić information content (AvgIpc) is 3.25. The summed E-state index contributed by atoms with van der Waals surface area (Å²) in [7, 11) is 0. The van der Waals surface area contributed by atoms with Gasteiger partial charge in [0.15, 0.2) is 5.92 Å². The van der Waals surface area contributed by atoms with Crippen LogP contribution in [0.3, 0.4) is 0 Å². The summed E-state index contributed by atoms with van der Waals surface area (Å²) in [5.41, 5.74) is 3.39. The van der Waals surface area contributed by atoms with E-state index in [1.807, 2.05) is 54.6 Å². The molecule has 0 fully saturated rings. The van der Waals surface area contributed by atoms with Crippen molar-refractivity contribution in [2.75, 3.05) is 5.32 Å². The first-order valence-corrected chi connectivity index (χ1v) is 11.4. The molecule has 0 saturated heterocycles. The number of hydrogen-bond acceptors (Lipinski definition) is 5. The molecule has 6 nitrogen and oxygen atoms in total. The third-order valence-electron chi connectivity index (χ3n) is 5.48. The Morgan fingerprint density at radius 1 is 1.06 bits per heavy atom. The minimum atomic E-state index is -1.63. The molecule has 5 rings (SSSR count). The fourth-order valence-corrected chi connectivity index (χ4v) is 4.98. The first kappa shape index (κ1) is 21.6. The standard InChI is InChI=1S/C26H17FN4O2S/c27-16-7-6-8-17(13-16)29-26(33)20(14-28)25(32)23-21-15-34-22-12-5-4-11-19(22)24(21)31(30-23)18-9-2-1-3-10-18/h1-13,20H,15H2,(H,29,33). The van der Waals surface area contributed by atoms with Crippen molar-refractivity contribution in [2.45, 2.75) is 10.6 Å². The molecule has 1 aliphatic heterocycles. The Morgan fingerprint density at radius 2 is 1.82 bits per heavy atom. The topological polar surface area (TPSA) is 87.8 Å². The van der Waals surface area contributed by atoms with Gasteiger partial charge in [0, 0.05) is 27.5 Å². The van der Waals surface area contributed by atoms with Crippen LogP contribution in [0.2, 0.25) is 0 Å². The maximum atomic E-state index is 13.5. The van der Waals surface area contributed by atoms with Gasteiger partial charge < -0.3 is 5.32 Å². The number of benzene rings is 3. The third-order valence-corrected chi connectivity index (χ3v) is 6.58. The number of Topliss-reactive ketones (excluding diaryl/α,β-unsaturated/α-hetero) is 1. The lowest BCUT2D eigenvalue weighted by Gasteiger charge is -2.18. The number of nitriles is 1. The summed E-state index contributed by atoms with van der Waals surface area (Å²) in [5.74, 6) is -3.21. The number of thioether (sulfide) groups is 1. The molecule has 2 heterocycles. The van der Waals surface area contributed by atoms with E-state index in [2.05, 4.69) is 10.4 Å². The van der Waals surface area contributed by atoms with Gasteiger partial charge >= 0.3 is 0 Å². The normalized spacial score (nSPS) is 12.7. The van der Waals surface area contributed by atoms with Crippen molar-refractivity contribution in [1.82, 2.24) is 9.78 Å². The number of anilines is 1. The van der Waals surface area contributed by atoms with Gasteiger partial charge in [0.05, 0.1) is 17.5 Å². The molecular weight excluding hydrogens is 451 g/mol. The number of aromatic nitrogens is 2. The maximum absolute atomic E-state index is 13.5. The highest BCUT2D eigenvalue weighted by molar-refractivity contribution is 7.98. The first-order valence-electron chi connectivity index (χ1n) is 10.5. The molecule has 1 aromatic heterocycles. The van der Waals surface area contributed by atoms with Crippen molar-refractivity contribution in [3.63, 3.8) is 0 Å². The van der Waals surface area contributed by atoms with Gasteiger partial charge in [0.2, 0.25) is 11.7 Å². The van der Waals surface area contributed by atoms with Crippen molar-refractivity contribution in [2.24, 2.45) is 5.92 Å². The van der Waals surface area contributed by atoms with Gasteiger partial charge in [-0.3, -0.25) is 9.59 Å². The van der Waals surface area contributed by atoms with Crippen LogP contribution in [0.1, 0.15) is 16.1 Å². The number of halogens is 1. The van der Waals surface area contributed by atoms with E-state index >= 15 is 0 Å². The SMILES string of the molecule is N#CC(C(=O)Nc1cccc(F)c1)C(=O)c1nn(-c2ccccc2)c2c1CSc1ccccc1-2.